The molecule has 1 heterocycles. The maximum Gasteiger partial charge on any atom is 0.0580 e. The van der Waals surface area contributed by atoms with Crippen LogP contribution in [0.2, 0.25) is 0 Å². The minimum atomic E-state index is -0.0341. The van der Waals surface area contributed by atoms with E-state index in [0.717, 1.165) is 13.0 Å². The lowest BCUT2D eigenvalue weighted by atomic mass is 10.0. The quantitative estimate of drug-likeness (QED) is 0.766. The van der Waals surface area contributed by atoms with Crippen molar-refractivity contribution in [3.05, 3.63) is 0 Å². The third-order valence-electron chi connectivity index (χ3n) is 4.27. The molecule has 2 rings (SSSR count). The predicted molar refractivity (Wildman–Crippen MR) is 66.5 cm³/mol. The maximum absolute atomic E-state index is 9.89. The standard InChI is InChI=1S/C13H26N2O/c1-11-9-14(2)7-4-8-15(11)10-12-5-3-6-13(12)16/h11-13,16H,3-10H2,1-2H3. The van der Waals surface area contributed by atoms with E-state index in [9.17, 15) is 5.11 Å². The van der Waals surface area contributed by atoms with Crippen LogP contribution in [-0.4, -0.2) is 60.3 Å². The molecule has 1 saturated heterocycles. The Morgan fingerprint density at radius 2 is 2.00 bits per heavy atom. The highest BCUT2D eigenvalue weighted by molar-refractivity contribution is 4.83. The molecular formula is C13H26N2O. The molecule has 0 radical (unpaired) electrons. The Balaban J connectivity index is 1.87. The summed E-state index contributed by atoms with van der Waals surface area (Å²) in [6.45, 7) is 7.02. The topological polar surface area (TPSA) is 26.7 Å². The van der Waals surface area contributed by atoms with Crippen molar-refractivity contribution >= 4 is 0 Å². The average Bonchev–Trinajstić information content (AvgIpc) is 2.55. The monoisotopic (exact) mass is 226 g/mol. The molecule has 1 aliphatic carbocycles. The van der Waals surface area contributed by atoms with Crippen molar-refractivity contribution in [3.8, 4) is 0 Å². The first kappa shape index (κ1) is 12.3. The molecule has 1 saturated carbocycles. The fraction of sp³-hybridized carbons (Fsp3) is 1.00. The minimum Gasteiger partial charge on any atom is -0.393 e. The van der Waals surface area contributed by atoms with Crippen LogP contribution in [0.15, 0.2) is 0 Å². The normalized spacial score (nSPS) is 38.8. The zero-order valence-electron chi connectivity index (χ0n) is 10.7. The molecule has 3 unspecified atom stereocenters. The lowest BCUT2D eigenvalue weighted by Crippen LogP contribution is -2.41. The molecule has 16 heavy (non-hydrogen) atoms. The van der Waals surface area contributed by atoms with E-state index in [1.54, 1.807) is 0 Å². The molecule has 3 atom stereocenters. The zero-order valence-corrected chi connectivity index (χ0v) is 10.7. The van der Waals surface area contributed by atoms with Crippen molar-refractivity contribution in [2.75, 3.05) is 33.2 Å². The highest BCUT2D eigenvalue weighted by Crippen LogP contribution is 2.27. The largest absolute Gasteiger partial charge is 0.393 e. The second-order valence-corrected chi connectivity index (χ2v) is 5.72. The Kier molecular flexibility index (Phi) is 4.22. The third-order valence-corrected chi connectivity index (χ3v) is 4.27. The lowest BCUT2D eigenvalue weighted by Gasteiger charge is -2.31. The van der Waals surface area contributed by atoms with Gasteiger partial charge >= 0.3 is 0 Å². The summed E-state index contributed by atoms with van der Waals surface area (Å²) in [4.78, 5) is 5.01. The van der Waals surface area contributed by atoms with Crippen LogP contribution < -0.4 is 0 Å². The number of aliphatic hydroxyl groups is 1. The molecule has 1 N–H and O–H groups in total. The van der Waals surface area contributed by atoms with Gasteiger partial charge in [0, 0.05) is 19.1 Å². The number of rotatable bonds is 2. The summed E-state index contributed by atoms with van der Waals surface area (Å²) in [5.41, 5.74) is 0. The van der Waals surface area contributed by atoms with Gasteiger partial charge in [-0.15, -0.1) is 0 Å². The molecule has 1 aliphatic heterocycles. The Morgan fingerprint density at radius 3 is 2.69 bits per heavy atom. The molecule has 0 aromatic rings. The number of hydrogen-bond acceptors (Lipinski definition) is 3. The Morgan fingerprint density at radius 1 is 1.19 bits per heavy atom. The van der Waals surface area contributed by atoms with Crippen LogP contribution in [0.4, 0.5) is 0 Å². The van der Waals surface area contributed by atoms with E-state index in [-0.39, 0.29) is 6.10 Å². The number of likely N-dealkylation sites (N-methyl/N-ethyl adjacent to an activating group) is 1. The van der Waals surface area contributed by atoms with Crippen LogP contribution in [0.25, 0.3) is 0 Å². The average molecular weight is 226 g/mol. The summed E-state index contributed by atoms with van der Waals surface area (Å²) >= 11 is 0. The minimum absolute atomic E-state index is 0.0341. The molecule has 2 aliphatic rings. The van der Waals surface area contributed by atoms with E-state index in [1.165, 1.54) is 38.9 Å². The molecule has 0 amide bonds. The first-order valence-electron chi connectivity index (χ1n) is 6.77. The van der Waals surface area contributed by atoms with Crippen molar-refractivity contribution in [1.29, 1.82) is 0 Å². The second kappa shape index (κ2) is 5.48. The molecule has 3 heteroatoms. The van der Waals surface area contributed by atoms with Crippen LogP contribution in [0.5, 0.6) is 0 Å². The highest BCUT2D eigenvalue weighted by Gasteiger charge is 2.29. The van der Waals surface area contributed by atoms with E-state index in [4.69, 9.17) is 0 Å². The molecule has 0 aromatic heterocycles. The van der Waals surface area contributed by atoms with Gasteiger partial charge in [0.1, 0.15) is 0 Å². The Labute approximate surface area is 99.4 Å². The smallest absolute Gasteiger partial charge is 0.0580 e. The Bertz CT molecular complexity index is 222. The molecule has 3 nitrogen and oxygen atoms in total. The molecule has 94 valence electrons. The summed E-state index contributed by atoms with van der Waals surface area (Å²) in [7, 11) is 2.21. The maximum atomic E-state index is 9.89. The van der Waals surface area contributed by atoms with Crippen LogP contribution in [-0.2, 0) is 0 Å². The summed E-state index contributed by atoms with van der Waals surface area (Å²) in [6, 6.07) is 0.639. The van der Waals surface area contributed by atoms with Gasteiger partial charge < -0.3 is 10.0 Å². The van der Waals surface area contributed by atoms with Crippen LogP contribution in [0.3, 0.4) is 0 Å². The molecule has 0 aromatic carbocycles. The van der Waals surface area contributed by atoms with Gasteiger partial charge in [0.15, 0.2) is 0 Å². The van der Waals surface area contributed by atoms with Gasteiger partial charge in [0.25, 0.3) is 0 Å². The SMILES string of the molecule is CC1CN(C)CCCN1CC1CCCC1O. The van der Waals surface area contributed by atoms with Gasteiger partial charge in [0.05, 0.1) is 6.10 Å². The van der Waals surface area contributed by atoms with Gasteiger partial charge in [-0.05, 0) is 52.2 Å². The van der Waals surface area contributed by atoms with Gasteiger partial charge in [-0.1, -0.05) is 6.42 Å². The number of hydrogen-bond donors (Lipinski definition) is 1. The number of aliphatic hydroxyl groups excluding tert-OH is 1. The molecule has 2 fully saturated rings. The summed E-state index contributed by atoms with van der Waals surface area (Å²) in [5, 5.41) is 9.89. The lowest BCUT2D eigenvalue weighted by molar-refractivity contribution is 0.0887. The first-order valence-corrected chi connectivity index (χ1v) is 6.77. The van der Waals surface area contributed by atoms with E-state index in [1.807, 2.05) is 0 Å². The van der Waals surface area contributed by atoms with Crippen molar-refractivity contribution in [3.63, 3.8) is 0 Å². The fourth-order valence-corrected chi connectivity index (χ4v) is 3.22. The van der Waals surface area contributed by atoms with E-state index in [0.29, 0.717) is 12.0 Å². The van der Waals surface area contributed by atoms with E-state index in [2.05, 4.69) is 23.8 Å². The van der Waals surface area contributed by atoms with Gasteiger partial charge in [-0.25, -0.2) is 0 Å². The van der Waals surface area contributed by atoms with Gasteiger partial charge in [-0.2, -0.15) is 0 Å². The second-order valence-electron chi connectivity index (χ2n) is 5.72. The van der Waals surface area contributed by atoms with Crippen LogP contribution in [0.1, 0.15) is 32.6 Å². The third kappa shape index (κ3) is 2.96. The summed E-state index contributed by atoms with van der Waals surface area (Å²) < 4.78 is 0. The summed E-state index contributed by atoms with van der Waals surface area (Å²) in [6.07, 6.45) is 4.69. The number of nitrogens with zero attached hydrogens (tertiary/aromatic N) is 2. The summed E-state index contributed by atoms with van der Waals surface area (Å²) in [5.74, 6) is 0.533. The van der Waals surface area contributed by atoms with Gasteiger partial charge in [0.2, 0.25) is 0 Å². The highest BCUT2D eigenvalue weighted by atomic mass is 16.3. The van der Waals surface area contributed by atoms with Gasteiger partial charge in [-0.3, -0.25) is 4.90 Å². The zero-order chi connectivity index (χ0) is 11.5. The fourth-order valence-electron chi connectivity index (χ4n) is 3.22. The van der Waals surface area contributed by atoms with Crippen LogP contribution >= 0.6 is 0 Å². The van der Waals surface area contributed by atoms with E-state index < -0.39 is 0 Å². The van der Waals surface area contributed by atoms with Crippen molar-refractivity contribution in [1.82, 2.24) is 9.80 Å². The Hall–Kier alpha value is -0.120. The molecule has 0 spiro atoms. The predicted octanol–water partition coefficient (Wildman–Crippen LogP) is 1.17. The van der Waals surface area contributed by atoms with Crippen LogP contribution in [0, 0.1) is 5.92 Å². The van der Waals surface area contributed by atoms with Crippen molar-refractivity contribution in [2.24, 2.45) is 5.92 Å². The van der Waals surface area contributed by atoms with Crippen molar-refractivity contribution < 1.29 is 5.11 Å². The van der Waals surface area contributed by atoms with Crippen molar-refractivity contribution in [2.45, 2.75) is 44.8 Å². The molecular weight excluding hydrogens is 200 g/mol. The first-order chi connectivity index (χ1) is 7.66. The molecule has 0 bridgehead atoms. The van der Waals surface area contributed by atoms with E-state index >= 15 is 0 Å².